The number of hydrogen-bond acceptors (Lipinski definition) is 2. The molecule has 1 aromatic rings. The summed E-state index contributed by atoms with van der Waals surface area (Å²) in [6, 6.07) is 0. The van der Waals surface area contributed by atoms with Gasteiger partial charge in [0, 0.05) is 17.9 Å². The van der Waals surface area contributed by atoms with Crippen LogP contribution in [-0.4, -0.2) is 15.5 Å². The summed E-state index contributed by atoms with van der Waals surface area (Å²) < 4.78 is 0. The Balaban J connectivity index is 2.00. The molecular formula is C8H13N3. The summed E-state index contributed by atoms with van der Waals surface area (Å²) >= 11 is 0. The summed E-state index contributed by atoms with van der Waals surface area (Å²) in [7, 11) is 0. The number of aromatic amines is 1. The van der Waals surface area contributed by atoms with Crippen LogP contribution >= 0.6 is 0 Å². The van der Waals surface area contributed by atoms with Crippen molar-refractivity contribution in [2.45, 2.75) is 31.7 Å². The average molecular weight is 151 g/mol. The van der Waals surface area contributed by atoms with Crippen molar-refractivity contribution < 1.29 is 0 Å². The fourth-order valence-corrected chi connectivity index (χ4v) is 1.45. The predicted molar refractivity (Wildman–Crippen MR) is 44.5 cm³/mol. The minimum atomic E-state index is 0.303. The summed E-state index contributed by atoms with van der Waals surface area (Å²) in [5, 5.41) is 3.37. The minimum Gasteiger partial charge on any atom is -0.351 e. The molecule has 0 aliphatic heterocycles. The molecule has 11 heavy (non-hydrogen) atoms. The van der Waals surface area contributed by atoms with Gasteiger partial charge < -0.3 is 10.3 Å². The van der Waals surface area contributed by atoms with Crippen molar-refractivity contribution in [2.24, 2.45) is 0 Å². The topological polar surface area (TPSA) is 40.7 Å². The van der Waals surface area contributed by atoms with Crippen LogP contribution in [0.2, 0.25) is 0 Å². The second-order valence-corrected chi connectivity index (χ2v) is 3.48. The van der Waals surface area contributed by atoms with Gasteiger partial charge in [0.25, 0.3) is 0 Å². The smallest absolute Gasteiger partial charge is 0.200 e. The lowest BCUT2D eigenvalue weighted by Crippen LogP contribution is -2.41. The van der Waals surface area contributed by atoms with Crippen molar-refractivity contribution in [3.63, 3.8) is 0 Å². The average Bonchev–Trinajstić information content (AvgIpc) is 2.36. The van der Waals surface area contributed by atoms with E-state index in [1.54, 1.807) is 6.20 Å². The van der Waals surface area contributed by atoms with Crippen molar-refractivity contribution >= 4 is 5.95 Å². The first-order valence-electron chi connectivity index (χ1n) is 4.06. The van der Waals surface area contributed by atoms with Crippen LogP contribution in [0.4, 0.5) is 5.95 Å². The lowest BCUT2D eigenvalue weighted by Gasteiger charge is -2.38. The molecule has 1 aliphatic rings. The van der Waals surface area contributed by atoms with Crippen LogP contribution in [0, 0.1) is 0 Å². The normalized spacial score (nSPS) is 20.8. The van der Waals surface area contributed by atoms with E-state index in [2.05, 4.69) is 22.2 Å². The number of nitrogens with zero attached hydrogens (tertiary/aromatic N) is 1. The molecule has 0 saturated heterocycles. The Morgan fingerprint density at radius 1 is 1.64 bits per heavy atom. The van der Waals surface area contributed by atoms with E-state index < -0.39 is 0 Å². The van der Waals surface area contributed by atoms with Crippen LogP contribution in [-0.2, 0) is 0 Å². The maximum absolute atomic E-state index is 4.12. The molecule has 3 nitrogen and oxygen atoms in total. The molecule has 2 rings (SSSR count). The van der Waals surface area contributed by atoms with Crippen molar-refractivity contribution in [3.05, 3.63) is 12.4 Å². The summed E-state index contributed by atoms with van der Waals surface area (Å²) in [5.74, 6) is 0.896. The highest BCUT2D eigenvalue weighted by molar-refractivity contribution is 5.29. The molecule has 0 amide bonds. The largest absolute Gasteiger partial charge is 0.351 e. The monoisotopic (exact) mass is 151 g/mol. The number of H-pyrrole nitrogens is 1. The molecule has 2 N–H and O–H groups in total. The Morgan fingerprint density at radius 3 is 2.91 bits per heavy atom. The van der Waals surface area contributed by atoms with Gasteiger partial charge in [-0.2, -0.15) is 0 Å². The molecule has 0 aromatic carbocycles. The first kappa shape index (κ1) is 6.70. The highest BCUT2D eigenvalue weighted by Crippen LogP contribution is 2.33. The van der Waals surface area contributed by atoms with E-state index in [9.17, 15) is 0 Å². The minimum absolute atomic E-state index is 0.303. The molecule has 0 atom stereocenters. The lowest BCUT2D eigenvalue weighted by molar-refractivity contribution is 0.305. The highest BCUT2D eigenvalue weighted by atomic mass is 15.1. The fourth-order valence-electron chi connectivity index (χ4n) is 1.45. The molecule has 0 radical (unpaired) electrons. The van der Waals surface area contributed by atoms with E-state index in [1.807, 2.05) is 6.20 Å². The van der Waals surface area contributed by atoms with Crippen molar-refractivity contribution in [2.75, 3.05) is 5.32 Å². The van der Waals surface area contributed by atoms with Gasteiger partial charge in [0.05, 0.1) is 0 Å². The summed E-state index contributed by atoms with van der Waals surface area (Å²) in [6.07, 6.45) is 7.46. The van der Waals surface area contributed by atoms with Gasteiger partial charge in [-0.25, -0.2) is 4.98 Å². The van der Waals surface area contributed by atoms with Gasteiger partial charge in [0.2, 0.25) is 0 Å². The Morgan fingerprint density at radius 2 is 2.45 bits per heavy atom. The van der Waals surface area contributed by atoms with Crippen LogP contribution in [0.15, 0.2) is 12.4 Å². The van der Waals surface area contributed by atoms with Gasteiger partial charge in [0.15, 0.2) is 5.95 Å². The van der Waals surface area contributed by atoms with Crippen molar-refractivity contribution in [1.29, 1.82) is 0 Å². The summed E-state index contributed by atoms with van der Waals surface area (Å²) in [5.41, 5.74) is 0.303. The zero-order chi connectivity index (χ0) is 7.73. The molecule has 1 aromatic heterocycles. The van der Waals surface area contributed by atoms with Crippen LogP contribution in [0.3, 0.4) is 0 Å². The van der Waals surface area contributed by atoms with Crippen molar-refractivity contribution in [1.82, 2.24) is 9.97 Å². The third kappa shape index (κ3) is 1.23. The molecule has 1 fully saturated rings. The van der Waals surface area contributed by atoms with Gasteiger partial charge in [-0.15, -0.1) is 0 Å². The van der Waals surface area contributed by atoms with Gasteiger partial charge in [-0.3, -0.25) is 0 Å². The van der Waals surface area contributed by atoms with E-state index >= 15 is 0 Å². The van der Waals surface area contributed by atoms with E-state index in [-0.39, 0.29) is 0 Å². The van der Waals surface area contributed by atoms with Gasteiger partial charge in [-0.1, -0.05) is 0 Å². The number of rotatable bonds is 2. The lowest BCUT2D eigenvalue weighted by atomic mass is 9.79. The van der Waals surface area contributed by atoms with E-state index in [4.69, 9.17) is 0 Å². The fraction of sp³-hybridized carbons (Fsp3) is 0.625. The molecule has 1 saturated carbocycles. The van der Waals surface area contributed by atoms with Crippen molar-refractivity contribution in [3.8, 4) is 0 Å². The van der Waals surface area contributed by atoms with E-state index in [0.29, 0.717) is 5.54 Å². The first-order chi connectivity index (χ1) is 5.29. The Hall–Kier alpha value is -0.990. The molecule has 60 valence electrons. The predicted octanol–water partition coefficient (Wildman–Crippen LogP) is 1.76. The number of anilines is 1. The van der Waals surface area contributed by atoms with Crippen LogP contribution < -0.4 is 5.32 Å². The van der Waals surface area contributed by atoms with Gasteiger partial charge in [0.1, 0.15) is 0 Å². The quantitative estimate of drug-likeness (QED) is 0.676. The zero-order valence-electron chi connectivity index (χ0n) is 6.72. The van der Waals surface area contributed by atoms with Gasteiger partial charge >= 0.3 is 0 Å². The summed E-state index contributed by atoms with van der Waals surface area (Å²) in [6.45, 7) is 2.24. The van der Waals surface area contributed by atoms with E-state index in [0.717, 1.165) is 5.95 Å². The third-order valence-corrected chi connectivity index (χ3v) is 2.38. The number of nitrogens with one attached hydrogen (secondary N) is 2. The number of hydrogen-bond donors (Lipinski definition) is 2. The van der Waals surface area contributed by atoms with E-state index in [1.165, 1.54) is 19.3 Å². The molecule has 0 unspecified atom stereocenters. The molecule has 0 bridgehead atoms. The Labute approximate surface area is 66.2 Å². The molecule has 1 heterocycles. The standard InChI is InChI=1S/C8H13N3/c1-8(3-2-4-8)11-7-9-5-6-10-7/h5-6H,2-4H2,1H3,(H2,9,10,11). The van der Waals surface area contributed by atoms with Gasteiger partial charge in [-0.05, 0) is 26.2 Å². The Bertz CT molecular complexity index is 223. The second-order valence-electron chi connectivity index (χ2n) is 3.48. The SMILES string of the molecule is CC1(Nc2ncc[nH]2)CCC1. The van der Waals surface area contributed by atoms with Crippen LogP contribution in [0.5, 0.6) is 0 Å². The highest BCUT2D eigenvalue weighted by Gasteiger charge is 2.31. The second kappa shape index (κ2) is 2.26. The summed E-state index contributed by atoms with van der Waals surface area (Å²) in [4.78, 5) is 7.16. The maximum atomic E-state index is 4.12. The van der Waals surface area contributed by atoms with Crippen LogP contribution in [0.25, 0.3) is 0 Å². The van der Waals surface area contributed by atoms with Crippen LogP contribution in [0.1, 0.15) is 26.2 Å². The molecular weight excluding hydrogens is 138 g/mol. The zero-order valence-corrected chi connectivity index (χ0v) is 6.72. The molecule has 1 aliphatic carbocycles. The number of imidazole rings is 1. The third-order valence-electron chi connectivity index (χ3n) is 2.38. The maximum Gasteiger partial charge on any atom is 0.200 e. The Kier molecular flexibility index (Phi) is 1.37. The molecule has 0 spiro atoms. The number of aromatic nitrogens is 2. The molecule has 3 heteroatoms. The first-order valence-corrected chi connectivity index (χ1v) is 4.06.